The summed E-state index contributed by atoms with van der Waals surface area (Å²) in [5.74, 6) is 0.0535. The molecule has 160 valence electrons. The smallest absolute Gasteiger partial charge is 0.227 e. The summed E-state index contributed by atoms with van der Waals surface area (Å²) in [5, 5.41) is 0. The fourth-order valence-electron chi connectivity index (χ4n) is 4.27. The molecule has 0 bridgehead atoms. The van der Waals surface area contributed by atoms with E-state index in [0.717, 1.165) is 25.9 Å². The van der Waals surface area contributed by atoms with Gasteiger partial charge in [0.25, 0.3) is 0 Å². The Labute approximate surface area is 187 Å². The van der Waals surface area contributed by atoms with Crippen LogP contribution in [-0.4, -0.2) is 49.4 Å². The molecule has 1 fully saturated rings. The summed E-state index contributed by atoms with van der Waals surface area (Å²) in [6.07, 6.45) is 2.60. The van der Waals surface area contributed by atoms with Crippen molar-refractivity contribution in [2.24, 2.45) is 11.7 Å². The fourth-order valence-corrected chi connectivity index (χ4v) is 4.27. The zero-order valence-electron chi connectivity index (χ0n) is 17.3. The Hall–Kier alpha value is -1.59. The molecule has 0 aliphatic carbocycles. The molecule has 1 atom stereocenters. The van der Waals surface area contributed by atoms with Crippen molar-refractivity contribution in [2.45, 2.75) is 24.8 Å². The number of piperidine rings is 1. The van der Waals surface area contributed by atoms with Gasteiger partial charge < -0.3 is 10.6 Å². The van der Waals surface area contributed by atoms with Gasteiger partial charge in [-0.3, -0.25) is 9.69 Å². The Bertz CT molecular complexity index is 732. The van der Waals surface area contributed by atoms with Gasteiger partial charge in [-0.15, -0.1) is 24.8 Å². The van der Waals surface area contributed by atoms with Crippen molar-refractivity contribution in [3.63, 3.8) is 0 Å². The summed E-state index contributed by atoms with van der Waals surface area (Å²) < 4.78 is 0. The molecular weight excluding hydrogens is 405 g/mol. The summed E-state index contributed by atoms with van der Waals surface area (Å²) >= 11 is 0. The molecule has 6 heteroatoms. The highest BCUT2D eigenvalue weighted by Gasteiger charge is 2.40. The standard InChI is InChI=1S/C23H31N3O.2ClH/c1-25(2)23(21-11-7-4-8-12-21)13-15-26(16-14-23)22(27)20(18-24)17-19-9-5-3-6-10-19;;/h3-12,20H,13-18,24H2,1-2H3;2*1H. The van der Waals surface area contributed by atoms with Gasteiger partial charge in [0.05, 0.1) is 5.92 Å². The van der Waals surface area contributed by atoms with Crippen LogP contribution >= 0.6 is 24.8 Å². The SMILES string of the molecule is CN(C)C1(c2ccccc2)CCN(C(=O)C(CN)Cc2ccccc2)CC1.Cl.Cl. The minimum atomic E-state index is -0.143. The summed E-state index contributed by atoms with van der Waals surface area (Å²) in [6.45, 7) is 1.94. The summed E-state index contributed by atoms with van der Waals surface area (Å²) in [5.41, 5.74) is 8.47. The number of nitrogens with zero attached hydrogens (tertiary/aromatic N) is 2. The number of likely N-dealkylation sites (tertiary alicyclic amines) is 1. The molecular formula is C23H33Cl2N3O. The lowest BCUT2D eigenvalue weighted by molar-refractivity contribution is -0.138. The highest BCUT2D eigenvalue weighted by molar-refractivity contribution is 5.85. The molecule has 0 saturated carbocycles. The first-order valence-electron chi connectivity index (χ1n) is 9.82. The normalized spacial score (nSPS) is 16.5. The maximum atomic E-state index is 13.1. The number of benzene rings is 2. The molecule has 3 rings (SSSR count). The lowest BCUT2D eigenvalue weighted by Gasteiger charge is -2.47. The molecule has 2 N–H and O–H groups in total. The molecule has 1 aliphatic heterocycles. The molecule has 1 amide bonds. The van der Waals surface area contributed by atoms with E-state index in [9.17, 15) is 4.79 Å². The number of amides is 1. The predicted molar refractivity (Wildman–Crippen MR) is 125 cm³/mol. The first-order chi connectivity index (χ1) is 13.1. The quantitative estimate of drug-likeness (QED) is 0.748. The van der Waals surface area contributed by atoms with Crippen LogP contribution in [0.1, 0.15) is 24.0 Å². The predicted octanol–water partition coefficient (Wildman–Crippen LogP) is 3.73. The largest absolute Gasteiger partial charge is 0.342 e. The third-order valence-electron chi connectivity index (χ3n) is 6.03. The number of hydrogen-bond donors (Lipinski definition) is 1. The number of rotatable bonds is 6. The molecule has 29 heavy (non-hydrogen) atoms. The third kappa shape index (κ3) is 5.73. The van der Waals surface area contributed by atoms with Crippen LogP contribution in [0, 0.1) is 5.92 Å². The third-order valence-corrected chi connectivity index (χ3v) is 6.03. The summed E-state index contributed by atoms with van der Waals surface area (Å²) in [7, 11) is 4.28. The molecule has 2 aromatic rings. The topological polar surface area (TPSA) is 49.6 Å². The van der Waals surface area contributed by atoms with E-state index in [-0.39, 0.29) is 42.2 Å². The van der Waals surface area contributed by atoms with E-state index in [0.29, 0.717) is 13.0 Å². The average Bonchev–Trinajstić information content (AvgIpc) is 2.73. The Morgan fingerprint density at radius 2 is 1.52 bits per heavy atom. The minimum absolute atomic E-state index is 0. The maximum Gasteiger partial charge on any atom is 0.227 e. The minimum Gasteiger partial charge on any atom is -0.342 e. The Balaban J connectivity index is 0.00000210. The highest BCUT2D eigenvalue weighted by Crippen LogP contribution is 2.37. The van der Waals surface area contributed by atoms with Gasteiger partial charge in [-0.1, -0.05) is 60.7 Å². The van der Waals surface area contributed by atoms with Crippen LogP contribution in [0.4, 0.5) is 0 Å². The van der Waals surface area contributed by atoms with Gasteiger partial charge in [0, 0.05) is 25.2 Å². The van der Waals surface area contributed by atoms with Crippen LogP contribution in [0.25, 0.3) is 0 Å². The first kappa shape index (κ1) is 25.4. The van der Waals surface area contributed by atoms with E-state index in [1.165, 1.54) is 11.1 Å². The van der Waals surface area contributed by atoms with Crippen LogP contribution < -0.4 is 5.73 Å². The molecule has 1 saturated heterocycles. The van der Waals surface area contributed by atoms with Gasteiger partial charge >= 0.3 is 0 Å². The number of nitrogens with two attached hydrogens (primary N) is 1. The zero-order chi connectivity index (χ0) is 19.3. The summed E-state index contributed by atoms with van der Waals surface area (Å²) in [6, 6.07) is 20.8. The highest BCUT2D eigenvalue weighted by atomic mass is 35.5. The van der Waals surface area contributed by atoms with Gasteiger partial charge in [-0.25, -0.2) is 0 Å². The van der Waals surface area contributed by atoms with E-state index >= 15 is 0 Å². The van der Waals surface area contributed by atoms with Gasteiger partial charge in [0.2, 0.25) is 5.91 Å². The molecule has 0 radical (unpaired) electrons. The van der Waals surface area contributed by atoms with Crippen molar-refractivity contribution in [3.05, 3.63) is 71.8 Å². The molecule has 1 aliphatic rings. The van der Waals surface area contributed by atoms with E-state index in [1.54, 1.807) is 0 Å². The fraction of sp³-hybridized carbons (Fsp3) is 0.435. The van der Waals surface area contributed by atoms with Gasteiger partial charge in [0.15, 0.2) is 0 Å². The van der Waals surface area contributed by atoms with Crippen LogP contribution in [0.5, 0.6) is 0 Å². The van der Waals surface area contributed by atoms with Crippen molar-refractivity contribution in [1.29, 1.82) is 0 Å². The second-order valence-corrected chi connectivity index (χ2v) is 7.74. The number of hydrogen-bond acceptors (Lipinski definition) is 3. The Morgan fingerprint density at radius 3 is 2.00 bits per heavy atom. The van der Waals surface area contributed by atoms with Crippen LogP contribution in [0.3, 0.4) is 0 Å². The Morgan fingerprint density at radius 1 is 1.00 bits per heavy atom. The number of carbonyl (C=O) groups excluding carboxylic acids is 1. The number of halogens is 2. The van der Waals surface area contributed by atoms with Gasteiger partial charge in [-0.2, -0.15) is 0 Å². The maximum absolute atomic E-state index is 13.1. The summed E-state index contributed by atoms with van der Waals surface area (Å²) in [4.78, 5) is 17.4. The molecule has 0 spiro atoms. The molecule has 1 unspecified atom stereocenters. The zero-order valence-corrected chi connectivity index (χ0v) is 18.9. The van der Waals surface area contributed by atoms with E-state index in [2.05, 4.69) is 61.5 Å². The van der Waals surface area contributed by atoms with E-state index in [1.807, 2.05) is 23.1 Å². The van der Waals surface area contributed by atoms with Crippen molar-refractivity contribution in [1.82, 2.24) is 9.80 Å². The lowest BCUT2D eigenvalue weighted by atomic mass is 9.79. The molecule has 2 aromatic carbocycles. The second kappa shape index (κ2) is 11.6. The van der Waals surface area contributed by atoms with Crippen molar-refractivity contribution >= 4 is 30.7 Å². The van der Waals surface area contributed by atoms with Crippen molar-refractivity contribution in [3.8, 4) is 0 Å². The van der Waals surface area contributed by atoms with Crippen molar-refractivity contribution in [2.75, 3.05) is 33.7 Å². The van der Waals surface area contributed by atoms with Gasteiger partial charge in [-0.05, 0) is 44.5 Å². The van der Waals surface area contributed by atoms with Gasteiger partial charge in [0.1, 0.15) is 0 Å². The molecule has 4 nitrogen and oxygen atoms in total. The lowest BCUT2D eigenvalue weighted by Crippen LogP contribution is -2.53. The second-order valence-electron chi connectivity index (χ2n) is 7.74. The average molecular weight is 438 g/mol. The molecule has 0 aromatic heterocycles. The van der Waals surface area contributed by atoms with E-state index < -0.39 is 0 Å². The first-order valence-corrected chi connectivity index (χ1v) is 9.82. The molecule has 1 heterocycles. The Kier molecular flexibility index (Phi) is 10.1. The van der Waals surface area contributed by atoms with Crippen LogP contribution in [-0.2, 0) is 16.8 Å². The van der Waals surface area contributed by atoms with Crippen molar-refractivity contribution < 1.29 is 4.79 Å². The van der Waals surface area contributed by atoms with Crippen LogP contribution in [0.15, 0.2) is 60.7 Å². The van der Waals surface area contributed by atoms with E-state index in [4.69, 9.17) is 5.73 Å². The van der Waals surface area contributed by atoms with Crippen LogP contribution in [0.2, 0.25) is 0 Å². The monoisotopic (exact) mass is 437 g/mol. The number of carbonyl (C=O) groups is 1.